The van der Waals surface area contributed by atoms with E-state index in [1.54, 1.807) is 7.05 Å². The Hall–Kier alpha value is -1.18. The zero-order valence-electron chi connectivity index (χ0n) is 11.1. The van der Waals surface area contributed by atoms with Gasteiger partial charge in [0.25, 0.3) is 0 Å². The van der Waals surface area contributed by atoms with Gasteiger partial charge >= 0.3 is 5.51 Å². The molecule has 1 aromatic heterocycles. The minimum atomic E-state index is -4.19. The normalized spacial score (nSPS) is 11.5. The molecule has 0 aliphatic heterocycles. The molecular formula is C11H17F3N4S. The summed E-state index contributed by atoms with van der Waals surface area (Å²) in [4.78, 5) is 8.57. The smallest absolute Gasteiger partial charge is 0.373 e. The van der Waals surface area contributed by atoms with Crippen LogP contribution in [0.1, 0.15) is 18.3 Å². The molecule has 0 aliphatic carbocycles. The van der Waals surface area contributed by atoms with Crippen LogP contribution in [0.3, 0.4) is 0 Å². The second-order valence-corrected chi connectivity index (χ2v) is 4.95. The van der Waals surface area contributed by atoms with Gasteiger partial charge in [-0.05, 0) is 18.7 Å². The van der Waals surface area contributed by atoms with E-state index in [1.165, 1.54) is 0 Å². The zero-order chi connectivity index (χ0) is 14.5. The lowest BCUT2D eigenvalue weighted by Crippen LogP contribution is -2.13. The molecular weight excluding hydrogens is 277 g/mol. The van der Waals surface area contributed by atoms with Gasteiger partial charge < -0.3 is 10.6 Å². The highest BCUT2D eigenvalue weighted by molar-refractivity contribution is 8.00. The molecule has 0 radical (unpaired) electrons. The second kappa shape index (κ2) is 6.83. The van der Waals surface area contributed by atoms with Crippen LogP contribution in [-0.4, -0.2) is 34.8 Å². The van der Waals surface area contributed by atoms with E-state index < -0.39 is 5.51 Å². The lowest BCUT2D eigenvalue weighted by Gasteiger charge is -2.13. The van der Waals surface area contributed by atoms with E-state index >= 15 is 0 Å². The number of aryl methyl sites for hydroxylation is 1. The number of aromatic nitrogens is 2. The van der Waals surface area contributed by atoms with Crippen LogP contribution < -0.4 is 10.6 Å². The molecule has 0 saturated heterocycles. The molecule has 1 rings (SSSR count). The number of anilines is 2. The Bertz CT molecular complexity index is 423. The third-order valence-corrected chi connectivity index (χ3v) is 3.14. The molecule has 108 valence electrons. The predicted molar refractivity (Wildman–Crippen MR) is 72.7 cm³/mol. The number of nitrogens with zero attached hydrogens (tertiary/aromatic N) is 2. The summed E-state index contributed by atoms with van der Waals surface area (Å²) >= 11 is -0.0429. The Kier molecular flexibility index (Phi) is 5.71. The number of nitrogens with one attached hydrogen (secondary N) is 2. The second-order valence-electron chi connectivity index (χ2n) is 3.79. The molecule has 2 N–H and O–H groups in total. The third-order valence-electron chi connectivity index (χ3n) is 2.41. The van der Waals surface area contributed by atoms with E-state index in [1.807, 2.05) is 13.8 Å². The van der Waals surface area contributed by atoms with Crippen molar-refractivity contribution in [2.45, 2.75) is 25.8 Å². The molecule has 0 aromatic carbocycles. The molecule has 4 nitrogen and oxygen atoms in total. The number of alkyl halides is 3. The Labute approximate surface area is 114 Å². The lowest BCUT2D eigenvalue weighted by atomic mass is 10.3. The van der Waals surface area contributed by atoms with Crippen molar-refractivity contribution in [1.29, 1.82) is 0 Å². The summed E-state index contributed by atoms with van der Waals surface area (Å²) in [5, 5.41) is 5.87. The van der Waals surface area contributed by atoms with Gasteiger partial charge in [-0.1, -0.05) is 6.92 Å². The molecule has 0 aliphatic rings. The van der Waals surface area contributed by atoms with Crippen LogP contribution in [0, 0.1) is 6.92 Å². The van der Waals surface area contributed by atoms with Crippen LogP contribution in [0.15, 0.2) is 0 Å². The fourth-order valence-electron chi connectivity index (χ4n) is 1.47. The van der Waals surface area contributed by atoms with Gasteiger partial charge in [-0.25, -0.2) is 9.97 Å². The molecule has 0 saturated carbocycles. The van der Waals surface area contributed by atoms with Gasteiger partial charge in [0.15, 0.2) is 0 Å². The average Bonchev–Trinajstić information content (AvgIpc) is 2.35. The highest BCUT2D eigenvalue weighted by atomic mass is 32.2. The van der Waals surface area contributed by atoms with Crippen molar-refractivity contribution >= 4 is 23.4 Å². The van der Waals surface area contributed by atoms with E-state index in [4.69, 9.17) is 0 Å². The zero-order valence-corrected chi connectivity index (χ0v) is 11.9. The number of halogens is 3. The maximum atomic E-state index is 12.0. The summed E-state index contributed by atoms with van der Waals surface area (Å²) in [7, 11) is 1.75. The van der Waals surface area contributed by atoms with Crippen LogP contribution >= 0.6 is 11.8 Å². The molecule has 0 fully saturated rings. The summed E-state index contributed by atoms with van der Waals surface area (Å²) in [5.74, 6) is 1.88. The van der Waals surface area contributed by atoms with Crippen molar-refractivity contribution in [2.24, 2.45) is 0 Å². The minimum Gasteiger partial charge on any atom is -0.373 e. The van der Waals surface area contributed by atoms with Gasteiger partial charge in [0.2, 0.25) is 0 Å². The Morgan fingerprint density at radius 2 is 1.84 bits per heavy atom. The van der Waals surface area contributed by atoms with Gasteiger partial charge in [0.05, 0.1) is 0 Å². The summed E-state index contributed by atoms with van der Waals surface area (Å²) in [6.45, 7) is 3.95. The Morgan fingerprint density at radius 1 is 1.21 bits per heavy atom. The molecule has 8 heteroatoms. The first-order valence-electron chi connectivity index (χ1n) is 5.87. The highest BCUT2D eigenvalue weighted by Crippen LogP contribution is 2.29. The van der Waals surface area contributed by atoms with Crippen LogP contribution in [-0.2, 0) is 6.42 Å². The third kappa shape index (κ3) is 5.14. The van der Waals surface area contributed by atoms with Crippen molar-refractivity contribution in [3.05, 3.63) is 11.4 Å². The average molecular weight is 294 g/mol. The number of hydrogen-bond acceptors (Lipinski definition) is 5. The van der Waals surface area contributed by atoms with Crippen molar-refractivity contribution in [3.8, 4) is 0 Å². The Morgan fingerprint density at radius 3 is 2.37 bits per heavy atom. The predicted octanol–water partition coefficient (Wildman–Crippen LogP) is 3.05. The first-order valence-corrected chi connectivity index (χ1v) is 6.85. The Balaban J connectivity index is 2.67. The summed E-state index contributed by atoms with van der Waals surface area (Å²) in [6, 6.07) is 0. The van der Waals surface area contributed by atoms with Gasteiger partial charge in [-0.2, -0.15) is 13.2 Å². The van der Waals surface area contributed by atoms with Crippen LogP contribution in [0.25, 0.3) is 0 Å². The maximum absolute atomic E-state index is 12.0. The SMILES string of the molecule is CCc1nc(NC)c(C)c(NCCSC(F)(F)F)n1. The van der Waals surface area contributed by atoms with Crippen molar-refractivity contribution in [3.63, 3.8) is 0 Å². The monoisotopic (exact) mass is 294 g/mol. The largest absolute Gasteiger partial charge is 0.441 e. The minimum absolute atomic E-state index is 0.0429. The fourth-order valence-corrected chi connectivity index (χ4v) is 1.91. The molecule has 19 heavy (non-hydrogen) atoms. The van der Waals surface area contributed by atoms with Gasteiger partial charge in [0.1, 0.15) is 17.5 Å². The van der Waals surface area contributed by atoms with Crippen LogP contribution in [0.2, 0.25) is 0 Å². The van der Waals surface area contributed by atoms with Crippen molar-refractivity contribution in [2.75, 3.05) is 30.0 Å². The molecule has 0 unspecified atom stereocenters. The summed E-state index contributed by atoms with van der Waals surface area (Å²) in [5.41, 5.74) is -3.38. The van der Waals surface area contributed by atoms with Crippen LogP contribution in [0.5, 0.6) is 0 Å². The molecule has 0 amide bonds. The van der Waals surface area contributed by atoms with E-state index in [0.717, 1.165) is 5.56 Å². The van der Waals surface area contributed by atoms with E-state index in [2.05, 4.69) is 20.6 Å². The van der Waals surface area contributed by atoms with E-state index in [-0.39, 0.29) is 24.1 Å². The van der Waals surface area contributed by atoms with E-state index in [0.29, 0.717) is 23.9 Å². The quantitative estimate of drug-likeness (QED) is 0.790. The summed E-state index contributed by atoms with van der Waals surface area (Å²) in [6.07, 6.45) is 0.668. The highest BCUT2D eigenvalue weighted by Gasteiger charge is 2.27. The van der Waals surface area contributed by atoms with Gasteiger partial charge in [-0.15, -0.1) is 0 Å². The van der Waals surface area contributed by atoms with Gasteiger partial charge in [-0.3, -0.25) is 0 Å². The lowest BCUT2D eigenvalue weighted by molar-refractivity contribution is -0.0327. The molecule has 0 bridgehead atoms. The molecule has 0 spiro atoms. The maximum Gasteiger partial charge on any atom is 0.441 e. The number of thioether (sulfide) groups is 1. The first kappa shape index (κ1) is 15.9. The van der Waals surface area contributed by atoms with Crippen molar-refractivity contribution in [1.82, 2.24) is 9.97 Å². The van der Waals surface area contributed by atoms with Crippen molar-refractivity contribution < 1.29 is 13.2 Å². The molecule has 1 heterocycles. The topological polar surface area (TPSA) is 49.8 Å². The fraction of sp³-hybridized carbons (Fsp3) is 0.636. The summed E-state index contributed by atoms with van der Waals surface area (Å²) < 4.78 is 36.0. The van der Waals surface area contributed by atoms with Crippen LogP contribution in [0.4, 0.5) is 24.8 Å². The molecule has 0 atom stereocenters. The number of rotatable bonds is 6. The number of hydrogen-bond donors (Lipinski definition) is 2. The standard InChI is InChI=1S/C11H17F3N4S/c1-4-8-17-9(15-3)7(2)10(18-8)16-5-6-19-11(12,13)14/h4-6H2,1-3H3,(H2,15,16,17,18). The van der Waals surface area contributed by atoms with E-state index in [9.17, 15) is 13.2 Å². The molecule has 1 aromatic rings. The van der Waals surface area contributed by atoms with Gasteiger partial charge in [0, 0.05) is 31.3 Å². The first-order chi connectivity index (χ1) is 8.87.